The van der Waals surface area contributed by atoms with Gasteiger partial charge in [-0.1, -0.05) is 23.2 Å². The molecule has 8 nitrogen and oxygen atoms in total. The van der Waals surface area contributed by atoms with Crippen LogP contribution < -0.4 is 5.56 Å². The van der Waals surface area contributed by atoms with Crippen molar-refractivity contribution in [2.24, 2.45) is 0 Å². The van der Waals surface area contributed by atoms with Crippen LogP contribution in [0.3, 0.4) is 0 Å². The molecule has 2 N–H and O–H groups in total. The van der Waals surface area contributed by atoms with Crippen molar-refractivity contribution < 1.29 is 10.0 Å². The molecule has 10 heteroatoms. The molecule has 144 valence electrons. The zero-order chi connectivity index (χ0) is 20.6. The summed E-state index contributed by atoms with van der Waals surface area (Å²) in [6.07, 6.45) is 3.13. The minimum absolute atomic E-state index is 0.00700. The molecule has 0 radical (unpaired) electrons. The zero-order valence-corrected chi connectivity index (χ0v) is 16.2. The summed E-state index contributed by atoms with van der Waals surface area (Å²) in [6.45, 7) is 3.82. The number of halogens is 2. The Balaban J connectivity index is 1.99. The number of aromatic amines is 1. The van der Waals surface area contributed by atoms with Crippen LogP contribution in [0.15, 0.2) is 29.1 Å². The lowest BCUT2D eigenvalue weighted by Crippen LogP contribution is -2.14. The first-order chi connectivity index (χ1) is 13.2. The molecule has 0 bridgehead atoms. The molecule has 28 heavy (non-hydrogen) atoms. The van der Waals surface area contributed by atoms with Crippen molar-refractivity contribution in [1.29, 1.82) is 0 Å². The van der Waals surface area contributed by atoms with Crippen LogP contribution in [0.1, 0.15) is 22.8 Å². The lowest BCUT2D eigenvalue weighted by molar-refractivity contribution is -0.387. The Kier molecular flexibility index (Phi) is 5.26. The van der Waals surface area contributed by atoms with Gasteiger partial charge < -0.3 is 14.7 Å². The third kappa shape index (κ3) is 3.64. The Labute approximate surface area is 168 Å². The number of rotatable bonds is 4. The van der Waals surface area contributed by atoms with Gasteiger partial charge in [-0.15, -0.1) is 0 Å². The van der Waals surface area contributed by atoms with Crippen LogP contribution in [0.4, 0.5) is 5.69 Å². The van der Waals surface area contributed by atoms with E-state index >= 15 is 0 Å². The lowest BCUT2D eigenvalue weighted by atomic mass is 10.2. The number of aryl methyl sites for hydroxylation is 1. The summed E-state index contributed by atoms with van der Waals surface area (Å²) in [4.78, 5) is 27.4. The van der Waals surface area contributed by atoms with Gasteiger partial charge in [0.05, 0.1) is 15.0 Å². The highest BCUT2D eigenvalue weighted by atomic mass is 35.5. The second-order valence-electron chi connectivity index (χ2n) is 5.97. The fraction of sp³-hybridized carbons (Fsp3) is 0.111. The monoisotopic (exact) mass is 420 g/mol. The summed E-state index contributed by atoms with van der Waals surface area (Å²) in [5.74, 6) is -0.942. The number of hydrogen-bond acceptors (Lipinski definition) is 5. The van der Waals surface area contributed by atoms with E-state index in [0.29, 0.717) is 10.0 Å². The van der Waals surface area contributed by atoms with Gasteiger partial charge in [-0.25, -0.2) is 0 Å². The maximum Gasteiger partial charge on any atom is 0.395 e. The van der Waals surface area contributed by atoms with E-state index in [2.05, 4.69) is 9.97 Å². The number of aromatic nitrogens is 3. The summed E-state index contributed by atoms with van der Waals surface area (Å²) in [5.41, 5.74) is 1.46. The average molecular weight is 421 g/mol. The molecule has 0 atom stereocenters. The van der Waals surface area contributed by atoms with Crippen LogP contribution in [0, 0.1) is 24.0 Å². The smallest absolute Gasteiger partial charge is 0.395 e. The Bertz CT molecular complexity index is 1180. The molecule has 2 aromatic heterocycles. The Hall–Kier alpha value is -3.10. The summed E-state index contributed by atoms with van der Waals surface area (Å²) < 4.78 is 1.98. The number of hydrogen-bond donors (Lipinski definition) is 2. The number of nitro groups is 1. The zero-order valence-electron chi connectivity index (χ0n) is 14.7. The van der Waals surface area contributed by atoms with Crippen LogP contribution in [0.25, 0.3) is 17.8 Å². The fourth-order valence-corrected chi connectivity index (χ4v) is 3.15. The van der Waals surface area contributed by atoms with E-state index in [0.717, 1.165) is 22.6 Å². The highest BCUT2D eigenvalue weighted by Gasteiger charge is 2.21. The molecular formula is C18H14Cl2N4O4. The molecule has 0 aliphatic rings. The SMILES string of the molecule is Cc1cc(/C=C/c2nc(O)c([N+](=O)[O-])c(=O)[nH]2)c(C)n1-c1ccc(Cl)c(Cl)c1. The van der Waals surface area contributed by atoms with Crippen molar-refractivity contribution in [3.8, 4) is 11.6 Å². The topological polar surface area (TPSA) is 114 Å². The number of aromatic hydroxyl groups is 1. The first kappa shape index (κ1) is 19.7. The molecule has 0 unspecified atom stereocenters. The summed E-state index contributed by atoms with van der Waals surface area (Å²) in [6, 6.07) is 7.22. The van der Waals surface area contributed by atoms with Crippen LogP contribution in [0.5, 0.6) is 5.88 Å². The maximum absolute atomic E-state index is 11.7. The maximum atomic E-state index is 11.7. The lowest BCUT2D eigenvalue weighted by Gasteiger charge is -2.10. The van der Waals surface area contributed by atoms with Gasteiger partial charge >= 0.3 is 11.2 Å². The van der Waals surface area contributed by atoms with Crippen LogP contribution >= 0.6 is 23.2 Å². The van der Waals surface area contributed by atoms with Crippen LogP contribution in [-0.4, -0.2) is 24.6 Å². The Morgan fingerprint density at radius 3 is 2.54 bits per heavy atom. The molecule has 0 fully saturated rings. The van der Waals surface area contributed by atoms with E-state index in [1.54, 1.807) is 18.2 Å². The standard InChI is InChI=1S/C18H14Cl2N4O4/c1-9-7-11(10(2)23(9)12-4-5-13(19)14(20)8-12)3-6-15-21-17(25)16(24(27)28)18(26)22-15/h3-8H,1-2H3,(H2,21,22,25,26)/b6-3+. The first-order valence-corrected chi connectivity index (χ1v) is 8.74. The Morgan fingerprint density at radius 1 is 1.21 bits per heavy atom. The molecule has 0 saturated heterocycles. The minimum atomic E-state index is -1.03. The van der Waals surface area contributed by atoms with Gasteiger partial charge in [0.15, 0.2) is 0 Å². The highest BCUT2D eigenvalue weighted by Crippen LogP contribution is 2.28. The van der Waals surface area contributed by atoms with E-state index < -0.39 is 22.0 Å². The molecule has 3 rings (SSSR count). The van der Waals surface area contributed by atoms with Gasteiger partial charge in [0.2, 0.25) is 0 Å². The predicted octanol–water partition coefficient (Wildman–Crippen LogP) is 4.27. The van der Waals surface area contributed by atoms with Crippen molar-refractivity contribution in [3.63, 3.8) is 0 Å². The third-order valence-electron chi connectivity index (χ3n) is 4.13. The second-order valence-corrected chi connectivity index (χ2v) is 6.79. The molecule has 0 amide bonds. The van der Waals surface area contributed by atoms with Crippen molar-refractivity contribution in [3.05, 3.63) is 77.6 Å². The largest absolute Gasteiger partial charge is 0.488 e. The predicted molar refractivity (Wildman–Crippen MR) is 107 cm³/mol. The third-order valence-corrected chi connectivity index (χ3v) is 4.87. The molecule has 0 spiro atoms. The molecule has 1 aromatic carbocycles. The van der Waals surface area contributed by atoms with E-state index in [9.17, 15) is 20.0 Å². The van der Waals surface area contributed by atoms with Crippen molar-refractivity contribution in [2.45, 2.75) is 13.8 Å². The summed E-state index contributed by atoms with van der Waals surface area (Å²) in [7, 11) is 0. The van der Waals surface area contributed by atoms with Gasteiger partial charge in [-0.05, 0) is 55.8 Å². The van der Waals surface area contributed by atoms with E-state index in [1.165, 1.54) is 6.08 Å². The van der Waals surface area contributed by atoms with Crippen molar-refractivity contribution in [2.75, 3.05) is 0 Å². The van der Waals surface area contributed by atoms with Crippen LogP contribution in [0.2, 0.25) is 10.0 Å². The molecule has 0 aliphatic heterocycles. The van der Waals surface area contributed by atoms with Gasteiger partial charge in [-0.2, -0.15) is 4.98 Å². The summed E-state index contributed by atoms with van der Waals surface area (Å²) >= 11 is 12.1. The van der Waals surface area contributed by atoms with Crippen molar-refractivity contribution >= 4 is 41.0 Å². The Morgan fingerprint density at radius 2 is 1.93 bits per heavy atom. The van der Waals surface area contributed by atoms with Gasteiger partial charge in [0, 0.05) is 17.1 Å². The molecule has 0 saturated carbocycles. The van der Waals surface area contributed by atoms with Gasteiger partial charge in [0.1, 0.15) is 5.82 Å². The number of nitrogens with one attached hydrogen (secondary N) is 1. The fourth-order valence-electron chi connectivity index (χ4n) is 2.86. The van der Waals surface area contributed by atoms with E-state index in [1.807, 2.05) is 30.5 Å². The quantitative estimate of drug-likeness (QED) is 0.483. The normalized spacial score (nSPS) is 11.3. The first-order valence-electron chi connectivity index (χ1n) is 7.99. The van der Waals surface area contributed by atoms with Crippen molar-refractivity contribution in [1.82, 2.24) is 14.5 Å². The molecule has 0 aliphatic carbocycles. The molecule has 3 aromatic rings. The molecule has 2 heterocycles. The van der Waals surface area contributed by atoms with E-state index in [4.69, 9.17) is 23.2 Å². The highest BCUT2D eigenvalue weighted by molar-refractivity contribution is 6.42. The van der Waals surface area contributed by atoms with E-state index in [-0.39, 0.29) is 5.82 Å². The van der Waals surface area contributed by atoms with Gasteiger partial charge in [0.25, 0.3) is 5.88 Å². The van der Waals surface area contributed by atoms with Gasteiger partial charge in [-0.3, -0.25) is 14.9 Å². The minimum Gasteiger partial charge on any atom is -0.488 e. The van der Waals surface area contributed by atoms with Crippen LogP contribution in [-0.2, 0) is 0 Å². The average Bonchev–Trinajstić information content (AvgIpc) is 2.88. The number of H-pyrrole nitrogens is 1. The summed E-state index contributed by atoms with van der Waals surface area (Å²) in [5, 5.41) is 21.2. The number of nitrogens with zero attached hydrogens (tertiary/aromatic N) is 3. The number of benzene rings is 1. The molecular weight excluding hydrogens is 407 g/mol. The second kappa shape index (κ2) is 7.49.